The number of carbonyl (C=O) groups is 3. The molecule has 0 aliphatic heterocycles. The average Bonchev–Trinajstić information content (AvgIpc) is 2.72. The monoisotopic (exact) mass is 329 g/mol. The number of ether oxygens (including phenoxy) is 1. The summed E-state index contributed by atoms with van der Waals surface area (Å²) in [5.74, 6) is -1.47. The number of carboxylic acids is 1. The molecule has 22 heavy (non-hydrogen) atoms. The highest BCUT2D eigenvalue weighted by atomic mass is 32.1. The van der Waals surface area contributed by atoms with E-state index in [0.29, 0.717) is 5.69 Å². The number of aliphatic carboxylic acids is 1. The second-order valence-corrected chi connectivity index (χ2v) is 6.43. The molecule has 9 heteroatoms. The summed E-state index contributed by atoms with van der Waals surface area (Å²) in [7, 11) is 0. The zero-order valence-electron chi connectivity index (χ0n) is 12.8. The Morgan fingerprint density at radius 3 is 2.59 bits per heavy atom. The summed E-state index contributed by atoms with van der Waals surface area (Å²) in [5, 5.41) is 15.4. The van der Waals surface area contributed by atoms with Crippen LogP contribution in [0, 0.1) is 0 Å². The minimum absolute atomic E-state index is 0.210. The van der Waals surface area contributed by atoms with E-state index in [2.05, 4.69) is 15.6 Å². The summed E-state index contributed by atoms with van der Waals surface area (Å²) < 4.78 is 5.05. The van der Waals surface area contributed by atoms with Crippen LogP contribution in [0.4, 0.5) is 9.93 Å². The normalized spacial score (nSPS) is 12.4. The molecule has 3 N–H and O–H groups in total. The Morgan fingerprint density at radius 1 is 1.41 bits per heavy atom. The first-order valence-corrected chi connectivity index (χ1v) is 7.41. The van der Waals surface area contributed by atoms with Gasteiger partial charge in [0, 0.05) is 5.38 Å². The first-order valence-electron chi connectivity index (χ1n) is 6.53. The molecule has 0 saturated carbocycles. The number of alkyl carbamates (subject to hydrolysis) is 1. The minimum Gasteiger partial charge on any atom is -0.481 e. The molecule has 0 fully saturated rings. The van der Waals surface area contributed by atoms with Gasteiger partial charge in [-0.1, -0.05) is 0 Å². The van der Waals surface area contributed by atoms with E-state index in [0.717, 1.165) is 11.3 Å². The fourth-order valence-electron chi connectivity index (χ4n) is 1.36. The Balaban J connectivity index is 2.52. The number of hydrogen-bond donors (Lipinski definition) is 3. The Kier molecular flexibility index (Phi) is 5.86. The molecule has 1 aromatic heterocycles. The van der Waals surface area contributed by atoms with Gasteiger partial charge in [-0.05, 0) is 27.7 Å². The quantitative estimate of drug-likeness (QED) is 0.755. The van der Waals surface area contributed by atoms with Gasteiger partial charge in [0.15, 0.2) is 5.13 Å². The number of rotatable bonds is 5. The molecule has 0 saturated heterocycles. The largest absolute Gasteiger partial charge is 0.481 e. The van der Waals surface area contributed by atoms with E-state index < -0.39 is 29.6 Å². The molecular weight excluding hydrogens is 310 g/mol. The van der Waals surface area contributed by atoms with E-state index in [4.69, 9.17) is 9.84 Å². The molecule has 1 aromatic rings. The van der Waals surface area contributed by atoms with Crippen LogP contribution in [0.3, 0.4) is 0 Å². The van der Waals surface area contributed by atoms with Crippen LogP contribution in [0.15, 0.2) is 5.38 Å². The van der Waals surface area contributed by atoms with Gasteiger partial charge in [0.1, 0.15) is 11.6 Å². The standard InChI is InChI=1S/C13H19N3O5S/c1-7(14-12(20)21-13(2,3)4)10(19)16-11-15-8(6-22-11)5-9(17)18/h6-7H,5H2,1-4H3,(H,14,20)(H,17,18)(H,15,16,19)/t7-/m0/s1. The number of anilines is 1. The third-order valence-electron chi connectivity index (χ3n) is 2.24. The topological polar surface area (TPSA) is 118 Å². The number of aromatic nitrogens is 1. The summed E-state index contributed by atoms with van der Waals surface area (Å²) in [6, 6.07) is -0.818. The molecule has 0 bridgehead atoms. The molecular formula is C13H19N3O5S. The molecule has 1 heterocycles. The number of hydrogen-bond acceptors (Lipinski definition) is 6. The lowest BCUT2D eigenvalue weighted by molar-refractivity contribution is -0.136. The van der Waals surface area contributed by atoms with Crippen LogP contribution in [-0.2, 0) is 20.7 Å². The Labute approximate surface area is 131 Å². The van der Waals surface area contributed by atoms with Crippen molar-refractivity contribution in [3.63, 3.8) is 0 Å². The smallest absolute Gasteiger partial charge is 0.408 e. The highest BCUT2D eigenvalue weighted by Gasteiger charge is 2.21. The van der Waals surface area contributed by atoms with Crippen LogP contribution >= 0.6 is 11.3 Å². The van der Waals surface area contributed by atoms with Crippen LogP contribution in [0.1, 0.15) is 33.4 Å². The average molecular weight is 329 g/mol. The minimum atomic E-state index is -0.997. The van der Waals surface area contributed by atoms with Gasteiger partial charge in [-0.2, -0.15) is 0 Å². The predicted molar refractivity (Wildman–Crippen MR) is 80.9 cm³/mol. The molecule has 1 rings (SSSR count). The van der Waals surface area contributed by atoms with Crippen LogP contribution < -0.4 is 10.6 Å². The van der Waals surface area contributed by atoms with E-state index >= 15 is 0 Å². The van der Waals surface area contributed by atoms with Gasteiger partial charge in [-0.3, -0.25) is 9.59 Å². The van der Waals surface area contributed by atoms with Crippen molar-refractivity contribution in [2.75, 3.05) is 5.32 Å². The Morgan fingerprint density at radius 2 is 2.05 bits per heavy atom. The second kappa shape index (κ2) is 7.21. The van der Waals surface area contributed by atoms with E-state index in [1.807, 2.05) is 0 Å². The molecule has 0 spiro atoms. The zero-order chi connectivity index (χ0) is 16.9. The van der Waals surface area contributed by atoms with Gasteiger partial charge < -0.3 is 20.5 Å². The Bertz CT molecular complexity index is 564. The first kappa shape index (κ1) is 17.9. The Hall–Kier alpha value is -2.16. The van der Waals surface area contributed by atoms with Crippen LogP contribution in [0.5, 0.6) is 0 Å². The number of nitrogens with one attached hydrogen (secondary N) is 2. The van der Waals surface area contributed by atoms with Crippen molar-refractivity contribution in [2.45, 2.75) is 45.8 Å². The van der Waals surface area contributed by atoms with Crippen molar-refractivity contribution in [3.05, 3.63) is 11.1 Å². The third kappa shape index (κ3) is 6.53. The number of carboxylic acid groups (broad SMARTS) is 1. The van der Waals surface area contributed by atoms with Gasteiger partial charge in [0.05, 0.1) is 12.1 Å². The summed E-state index contributed by atoms with van der Waals surface area (Å²) >= 11 is 1.12. The lowest BCUT2D eigenvalue weighted by Gasteiger charge is -2.21. The maximum absolute atomic E-state index is 11.9. The van der Waals surface area contributed by atoms with Crippen molar-refractivity contribution in [1.29, 1.82) is 0 Å². The predicted octanol–water partition coefficient (Wildman–Crippen LogP) is 1.62. The molecule has 0 aliphatic rings. The number of amides is 2. The second-order valence-electron chi connectivity index (χ2n) is 5.57. The molecule has 0 aliphatic carbocycles. The van der Waals surface area contributed by atoms with Crippen molar-refractivity contribution in [3.8, 4) is 0 Å². The SMILES string of the molecule is C[C@H](NC(=O)OC(C)(C)C)C(=O)Nc1nc(CC(=O)O)cs1. The van der Waals surface area contributed by atoms with Gasteiger partial charge in [-0.15, -0.1) is 11.3 Å². The molecule has 122 valence electrons. The van der Waals surface area contributed by atoms with Crippen LogP contribution in [-0.4, -0.2) is 39.7 Å². The van der Waals surface area contributed by atoms with Crippen LogP contribution in [0.2, 0.25) is 0 Å². The first-order chi connectivity index (χ1) is 10.1. The van der Waals surface area contributed by atoms with Crippen LogP contribution in [0.25, 0.3) is 0 Å². The number of carbonyl (C=O) groups excluding carboxylic acids is 2. The molecule has 8 nitrogen and oxygen atoms in total. The van der Waals surface area contributed by atoms with E-state index in [-0.39, 0.29) is 11.6 Å². The highest BCUT2D eigenvalue weighted by Crippen LogP contribution is 2.16. The zero-order valence-corrected chi connectivity index (χ0v) is 13.6. The molecule has 0 radical (unpaired) electrons. The van der Waals surface area contributed by atoms with Gasteiger partial charge in [0.25, 0.3) is 0 Å². The molecule has 1 atom stereocenters. The third-order valence-corrected chi connectivity index (χ3v) is 3.05. The fourth-order valence-corrected chi connectivity index (χ4v) is 2.08. The molecule has 2 amide bonds. The van der Waals surface area contributed by atoms with E-state index in [9.17, 15) is 14.4 Å². The van der Waals surface area contributed by atoms with Crippen molar-refractivity contribution in [2.24, 2.45) is 0 Å². The van der Waals surface area contributed by atoms with Gasteiger partial charge >= 0.3 is 12.1 Å². The number of nitrogens with zero attached hydrogens (tertiary/aromatic N) is 1. The van der Waals surface area contributed by atoms with Gasteiger partial charge in [-0.25, -0.2) is 9.78 Å². The van der Waals surface area contributed by atoms with Crippen molar-refractivity contribution >= 4 is 34.4 Å². The fraction of sp³-hybridized carbons (Fsp3) is 0.538. The maximum atomic E-state index is 11.9. The maximum Gasteiger partial charge on any atom is 0.408 e. The summed E-state index contributed by atoms with van der Waals surface area (Å²) in [6.07, 6.45) is -0.904. The highest BCUT2D eigenvalue weighted by molar-refractivity contribution is 7.13. The van der Waals surface area contributed by atoms with Gasteiger partial charge in [0.2, 0.25) is 5.91 Å². The molecule has 0 aromatic carbocycles. The molecule has 0 unspecified atom stereocenters. The lowest BCUT2D eigenvalue weighted by Crippen LogP contribution is -2.43. The van der Waals surface area contributed by atoms with Crippen molar-refractivity contribution < 1.29 is 24.2 Å². The van der Waals surface area contributed by atoms with E-state index in [1.165, 1.54) is 6.92 Å². The summed E-state index contributed by atoms with van der Waals surface area (Å²) in [4.78, 5) is 38.0. The number of thiazole rings is 1. The lowest BCUT2D eigenvalue weighted by atomic mass is 10.2. The van der Waals surface area contributed by atoms with Crippen molar-refractivity contribution in [1.82, 2.24) is 10.3 Å². The van der Waals surface area contributed by atoms with E-state index in [1.54, 1.807) is 26.2 Å². The summed E-state index contributed by atoms with van der Waals surface area (Å²) in [5.41, 5.74) is -0.290. The summed E-state index contributed by atoms with van der Waals surface area (Å²) in [6.45, 7) is 6.66.